The first-order chi connectivity index (χ1) is 7.98. The van der Waals surface area contributed by atoms with Crippen molar-refractivity contribution in [1.82, 2.24) is 0 Å². The number of hydrogen-bond acceptors (Lipinski definition) is 6. The third-order valence-corrected chi connectivity index (χ3v) is 2.83. The molecule has 0 aromatic rings. The summed E-state index contributed by atoms with van der Waals surface area (Å²) in [6.45, 7) is 3.06. The van der Waals surface area contributed by atoms with Crippen LogP contribution in [-0.2, 0) is 14.2 Å². The number of azide groups is 1. The zero-order chi connectivity index (χ0) is 12.6. The van der Waals surface area contributed by atoms with Crippen LogP contribution in [0.3, 0.4) is 0 Å². The number of aliphatic hydroxyl groups excluding tert-OH is 2. The van der Waals surface area contributed by atoms with E-state index in [0.717, 1.165) is 0 Å². The Morgan fingerprint density at radius 3 is 2.65 bits per heavy atom. The second kappa shape index (κ2) is 4.41. The summed E-state index contributed by atoms with van der Waals surface area (Å²) in [4.78, 5) is 2.63. The number of hydrogen-bond donors (Lipinski definition) is 2. The van der Waals surface area contributed by atoms with Gasteiger partial charge in [-0.05, 0) is 19.4 Å². The van der Waals surface area contributed by atoms with Crippen LogP contribution in [0.25, 0.3) is 10.4 Å². The Morgan fingerprint density at radius 2 is 2.06 bits per heavy atom. The van der Waals surface area contributed by atoms with Crippen molar-refractivity contribution in [2.75, 3.05) is 6.61 Å². The van der Waals surface area contributed by atoms with Gasteiger partial charge in [0.2, 0.25) is 0 Å². The van der Waals surface area contributed by atoms with Gasteiger partial charge in [-0.15, -0.1) is 0 Å². The lowest BCUT2D eigenvalue weighted by atomic mass is 10.1. The molecule has 2 fully saturated rings. The normalized spacial score (nSPS) is 40.7. The lowest BCUT2D eigenvalue weighted by molar-refractivity contribution is -0.222. The maximum absolute atomic E-state index is 9.67. The molecular weight excluding hydrogens is 230 g/mol. The van der Waals surface area contributed by atoms with Gasteiger partial charge in [0.25, 0.3) is 0 Å². The Kier molecular flexibility index (Phi) is 3.26. The minimum absolute atomic E-state index is 0.381. The van der Waals surface area contributed by atoms with Crippen molar-refractivity contribution >= 4 is 0 Å². The largest absolute Gasteiger partial charge is 0.396 e. The molecule has 0 amide bonds. The molecule has 0 aromatic carbocycles. The van der Waals surface area contributed by atoms with Crippen LogP contribution >= 0.6 is 0 Å². The molecule has 8 nitrogen and oxygen atoms in total. The van der Waals surface area contributed by atoms with Crippen LogP contribution in [0.1, 0.15) is 13.8 Å². The highest BCUT2D eigenvalue weighted by molar-refractivity contribution is 4.99. The molecule has 2 aliphatic heterocycles. The van der Waals surface area contributed by atoms with E-state index < -0.39 is 36.4 Å². The van der Waals surface area contributed by atoms with Gasteiger partial charge in [0.1, 0.15) is 18.3 Å². The van der Waals surface area contributed by atoms with E-state index in [-0.39, 0.29) is 6.61 Å². The molecule has 1 unspecified atom stereocenters. The molecule has 0 bridgehead atoms. The van der Waals surface area contributed by atoms with E-state index in [9.17, 15) is 5.11 Å². The number of fused-ring (bicyclic) bond motifs is 1. The predicted octanol–water partition coefficient (Wildman–Crippen LogP) is -0.105. The SMILES string of the molecule is CC1(C)O[C@H]2[C@H]([C@H](CO)N=[N+]=[N-])OC(O)[C@H]2O1. The van der Waals surface area contributed by atoms with Gasteiger partial charge in [-0.25, -0.2) is 0 Å². The fourth-order valence-corrected chi connectivity index (χ4v) is 2.19. The van der Waals surface area contributed by atoms with Crippen molar-refractivity contribution in [3.8, 4) is 0 Å². The maximum atomic E-state index is 9.67. The third kappa shape index (κ3) is 2.23. The average molecular weight is 245 g/mol. The standard InChI is InChI=1S/C9H15N3O5/c1-9(2)16-6-5(4(3-13)11-12-10)15-8(14)7(6)17-9/h4-8,13-14H,3H2,1-2H3/t4-,5-,6-,7-,8?/m0/s1. The Bertz CT molecular complexity index is 344. The summed E-state index contributed by atoms with van der Waals surface area (Å²) in [5.74, 6) is -0.825. The van der Waals surface area contributed by atoms with Crippen molar-refractivity contribution < 1.29 is 24.4 Å². The fraction of sp³-hybridized carbons (Fsp3) is 1.00. The van der Waals surface area contributed by atoms with Gasteiger partial charge in [-0.2, -0.15) is 0 Å². The van der Waals surface area contributed by atoms with Crippen molar-refractivity contribution in [3.05, 3.63) is 10.4 Å². The van der Waals surface area contributed by atoms with Crippen molar-refractivity contribution in [2.45, 2.75) is 50.3 Å². The first kappa shape index (κ1) is 12.6. The van der Waals surface area contributed by atoms with Crippen molar-refractivity contribution in [2.24, 2.45) is 5.11 Å². The monoisotopic (exact) mass is 245 g/mol. The number of rotatable bonds is 3. The zero-order valence-corrected chi connectivity index (χ0v) is 9.55. The Hall–Kier alpha value is -0.890. The van der Waals surface area contributed by atoms with E-state index in [1.54, 1.807) is 13.8 Å². The average Bonchev–Trinajstić information content (AvgIpc) is 2.71. The molecule has 0 saturated carbocycles. The topological polar surface area (TPSA) is 117 Å². The highest BCUT2D eigenvalue weighted by Crippen LogP contribution is 2.39. The van der Waals surface area contributed by atoms with E-state index >= 15 is 0 Å². The Balaban J connectivity index is 2.17. The van der Waals surface area contributed by atoms with E-state index in [1.165, 1.54) is 0 Å². The summed E-state index contributed by atoms with van der Waals surface area (Å²) in [5, 5.41) is 22.2. The molecule has 5 atom stereocenters. The summed E-state index contributed by atoms with van der Waals surface area (Å²) < 4.78 is 16.3. The highest BCUT2D eigenvalue weighted by Gasteiger charge is 2.56. The third-order valence-electron chi connectivity index (χ3n) is 2.83. The molecule has 0 aromatic heterocycles. The molecule has 17 heavy (non-hydrogen) atoms. The van der Waals surface area contributed by atoms with Crippen LogP contribution in [0.2, 0.25) is 0 Å². The summed E-state index contributed by atoms with van der Waals surface area (Å²) in [7, 11) is 0. The van der Waals surface area contributed by atoms with Crippen LogP contribution in [0, 0.1) is 0 Å². The van der Waals surface area contributed by atoms with Gasteiger partial charge in [0, 0.05) is 4.91 Å². The molecule has 2 heterocycles. The highest BCUT2D eigenvalue weighted by atomic mass is 16.8. The predicted molar refractivity (Wildman–Crippen MR) is 54.7 cm³/mol. The summed E-state index contributed by atoms with van der Waals surface area (Å²) in [6.07, 6.45) is -3.03. The van der Waals surface area contributed by atoms with Crippen LogP contribution < -0.4 is 0 Å². The molecule has 0 radical (unpaired) electrons. The molecule has 2 rings (SSSR count). The first-order valence-electron chi connectivity index (χ1n) is 5.33. The molecule has 96 valence electrons. The van der Waals surface area contributed by atoms with E-state index in [4.69, 9.17) is 24.8 Å². The number of ether oxygens (including phenoxy) is 3. The minimum Gasteiger partial charge on any atom is -0.396 e. The second-order valence-corrected chi connectivity index (χ2v) is 4.51. The second-order valence-electron chi connectivity index (χ2n) is 4.51. The lowest BCUT2D eigenvalue weighted by Crippen LogP contribution is -2.39. The summed E-state index contributed by atoms with van der Waals surface area (Å²) >= 11 is 0. The van der Waals surface area contributed by atoms with E-state index in [0.29, 0.717) is 0 Å². The van der Waals surface area contributed by atoms with Gasteiger partial charge >= 0.3 is 0 Å². The molecule has 0 spiro atoms. The minimum atomic E-state index is -1.14. The number of nitrogens with zero attached hydrogens (tertiary/aromatic N) is 3. The van der Waals surface area contributed by atoms with E-state index in [1.807, 2.05) is 0 Å². The summed E-state index contributed by atoms with van der Waals surface area (Å²) in [6, 6.07) is -0.804. The molecule has 2 aliphatic rings. The fourth-order valence-electron chi connectivity index (χ4n) is 2.19. The smallest absolute Gasteiger partial charge is 0.184 e. The van der Waals surface area contributed by atoms with Crippen LogP contribution in [0.4, 0.5) is 0 Å². The Labute approximate surface area is 97.7 Å². The van der Waals surface area contributed by atoms with Crippen molar-refractivity contribution in [1.29, 1.82) is 0 Å². The maximum Gasteiger partial charge on any atom is 0.184 e. The number of aliphatic hydroxyl groups is 2. The molecule has 2 N–H and O–H groups in total. The lowest BCUT2D eigenvalue weighted by Gasteiger charge is -2.24. The van der Waals surface area contributed by atoms with Crippen LogP contribution in [0.15, 0.2) is 5.11 Å². The molecule has 2 saturated heterocycles. The molecule has 0 aliphatic carbocycles. The van der Waals surface area contributed by atoms with Crippen LogP contribution in [0.5, 0.6) is 0 Å². The molecular formula is C9H15N3O5. The van der Waals surface area contributed by atoms with Gasteiger partial charge in [0.05, 0.1) is 12.6 Å². The van der Waals surface area contributed by atoms with Crippen molar-refractivity contribution in [3.63, 3.8) is 0 Å². The first-order valence-corrected chi connectivity index (χ1v) is 5.33. The van der Waals surface area contributed by atoms with Gasteiger partial charge in [0.15, 0.2) is 12.1 Å². The van der Waals surface area contributed by atoms with Crippen LogP contribution in [-0.4, -0.2) is 53.3 Å². The van der Waals surface area contributed by atoms with Gasteiger partial charge in [-0.3, -0.25) is 0 Å². The summed E-state index contributed by atoms with van der Waals surface area (Å²) in [5.41, 5.74) is 8.39. The van der Waals surface area contributed by atoms with E-state index in [2.05, 4.69) is 10.0 Å². The van der Waals surface area contributed by atoms with Gasteiger partial charge in [-0.1, -0.05) is 5.11 Å². The Morgan fingerprint density at radius 1 is 1.41 bits per heavy atom. The zero-order valence-electron chi connectivity index (χ0n) is 9.55. The van der Waals surface area contributed by atoms with Gasteiger partial charge < -0.3 is 24.4 Å². The quantitative estimate of drug-likeness (QED) is 0.409. The molecule has 8 heteroatoms.